The molecule has 0 radical (unpaired) electrons. The Morgan fingerprint density at radius 2 is 1.36 bits per heavy atom. The Kier molecular flexibility index (Phi) is 22.8. The van der Waals surface area contributed by atoms with Gasteiger partial charge < -0.3 is 39.3 Å². The number of aliphatic hydroxyl groups is 3. The summed E-state index contributed by atoms with van der Waals surface area (Å²) in [4.78, 5) is 36.8. The molecule has 2 aliphatic rings. The smallest absolute Gasteiger partial charge is 0.101 e. The van der Waals surface area contributed by atoms with E-state index in [-0.39, 0.29) is 49.3 Å². The first-order chi connectivity index (χ1) is 33.4. The monoisotopic (exact) mass is 990 g/mol. The van der Waals surface area contributed by atoms with E-state index < -0.39 is 55.0 Å². The first kappa shape index (κ1) is 57.6. The van der Waals surface area contributed by atoms with Gasteiger partial charge in [-0.2, -0.15) is 0 Å². The number of aliphatic hydroxyl groups excluding tert-OH is 1. The van der Waals surface area contributed by atoms with Gasteiger partial charge in [0, 0.05) is 31.5 Å². The van der Waals surface area contributed by atoms with Crippen LogP contribution in [0.2, 0.25) is 0 Å². The van der Waals surface area contributed by atoms with E-state index in [4.69, 9.17) is 19.2 Å². The van der Waals surface area contributed by atoms with Crippen LogP contribution in [0, 0.1) is 11.8 Å². The number of carbonyl (C=O) groups is 2. The summed E-state index contributed by atoms with van der Waals surface area (Å²) in [5.41, 5.74) is -1.63. The van der Waals surface area contributed by atoms with E-state index in [0.29, 0.717) is 25.8 Å². The first-order valence-corrected chi connectivity index (χ1v) is 29.2. The molecule has 5 rings (SSSR count). The average Bonchev–Trinajstić information content (AvgIpc) is 3.33. The van der Waals surface area contributed by atoms with E-state index in [1.54, 1.807) is 20.8 Å². The van der Waals surface area contributed by atoms with Crippen LogP contribution in [0.4, 0.5) is 0 Å². The van der Waals surface area contributed by atoms with Gasteiger partial charge in [0.2, 0.25) is 5.91 Å². The molecule has 2 saturated heterocycles. The number of cyclic esters (lactones) is 1. The minimum atomic E-state index is -2.29. The molecule has 3 heterocycles. The van der Waals surface area contributed by atoms with E-state index in [9.17, 15) is 24.9 Å². The number of hydrogen-bond donors (Lipinski definition) is 3. The molecular formula is C58H92N3O8P. The molecule has 0 spiro atoms. The van der Waals surface area contributed by atoms with Crippen molar-refractivity contribution in [2.45, 2.75) is 212 Å². The summed E-state index contributed by atoms with van der Waals surface area (Å²) in [7, 11) is 1.78. The van der Waals surface area contributed by atoms with Crippen LogP contribution < -0.4 is 16.0 Å². The SMILES string of the molecule is CC[C@H]1OC(=O)[C@H](C)[C@@H](O)C[C@@H](O[C@H]2C[C@@H](N(C)C)C[C@@H](C)O2)[C@](C)(O)C[C@@H](C)CN(C(=O)CCCCCCCCCCCC[PH](c2ccccc2)(c2ccccc2)c2ccccn2)[C@H](C)C[C@]1(C)O. The quantitative estimate of drug-likeness (QED) is 0.0571. The number of aromatic nitrogens is 1. The fourth-order valence-electron chi connectivity index (χ4n) is 11.5. The Morgan fingerprint density at radius 3 is 1.91 bits per heavy atom. The van der Waals surface area contributed by atoms with Gasteiger partial charge in [0.05, 0.1) is 29.8 Å². The number of unbranched alkanes of at least 4 members (excludes halogenated alkanes) is 9. The Balaban J connectivity index is 1.14. The first-order valence-electron chi connectivity index (χ1n) is 27.0. The van der Waals surface area contributed by atoms with Crippen LogP contribution in [0.25, 0.3) is 0 Å². The molecule has 1 amide bonds. The van der Waals surface area contributed by atoms with Gasteiger partial charge in [-0.05, 0) is 80.3 Å². The molecule has 3 N–H and O–H groups in total. The standard InChI is InChI=1S/C58H92N3O8P/c1-10-51-58(7,66)41-44(3)61(42-43(2)40-57(6,65)52(39-50(62)46(5)56(64)69-51)68-55-38-47(60(8)9)37-45(4)67-55)54(63)34-25-17-15-13-11-12-14-16-18-28-36-70(48-29-21-19-22-30-48,49-31-23-20-24-32-49)53-33-26-27-35-59-53/h19-24,26-27,29-33,35,43-47,50-52,55,62,65-66,70H,10-18,25,28,34,36-42H2,1-9H3/t43-,44-,45-,46-,47+,50+,51-,52-,55+,57-,58+/m1/s1. The van der Waals surface area contributed by atoms with Gasteiger partial charge in [-0.25, -0.2) is 0 Å². The number of amides is 1. The normalized spacial score (nSPS) is 30.0. The molecule has 2 aliphatic heterocycles. The van der Waals surface area contributed by atoms with Crippen LogP contribution in [0.3, 0.4) is 0 Å². The van der Waals surface area contributed by atoms with Crippen molar-refractivity contribution in [3.63, 3.8) is 0 Å². The number of ether oxygens (including phenoxy) is 3. The summed E-state index contributed by atoms with van der Waals surface area (Å²) in [6.45, 7) is 13.2. The molecule has 0 saturated carbocycles. The van der Waals surface area contributed by atoms with Crippen molar-refractivity contribution in [1.29, 1.82) is 0 Å². The number of rotatable bonds is 20. The molecule has 11 atom stereocenters. The van der Waals surface area contributed by atoms with Crippen LogP contribution in [-0.4, -0.2) is 123 Å². The number of benzene rings is 2. The van der Waals surface area contributed by atoms with Gasteiger partial charge in [-0.1, -0.05) is 13.8 Å². The van der Waals surface area contributed by atoms with Crippen LogP contribution in [-0.2, 0) is 23.8 Å². The molecule has 2 aromatic carbocycles. The van der Waals surface area contributed by atoms with Gasteiger partial charge >= 0.3 is 196 Å². The van der Waals surface area contributed by atoms with Gasteiger partial charge in [0.15, 0.2) is 6.29 Å². The maximum Gasteiger partial charge on any atom is 0.101 e. The third kappa shape index (κ3) is 16.4. The number of carbonyl (C=O) groups excluding carboxylic acids is 2. The minimum Gasteiger partial charge on any atom is -0.386 e. The molecule has 392 valence electrons. The van der Waals surface area contributed by atoms with Crippen molar-refractivity contribution in [2.24, 2.45) is 11.8 Å². The van der Waals surface area contributed by atoms with Crippen LogP contribution in [0.1, 0.15) is 158 Å². The van der Waals surface area contributed by atoms with E-state index in [1.165, 1.54) is 54.6 Å². The van der Waals surface area contributed by atoms with Crippen molar-refractivity contribution >= 4 is 35.2 Å². The number of pyridine rings is 1. The second-order valence-electron chi connectivity index (χ2n) is 22.0. The zero-order valence-electron chi connectivity index (χ0n) is 44.4. The molecule has 2 fully saturated rings. The maximum atomic E-state index is 14.2. The Morgan fingerprint density at radius 1 is 0.786 bits per heavy atom. The zero-order chi connectivity index (χ0) is 50.9. The summed E-state index contributed by atoms with van der Waals surface area (Å²) in [5, 5.41) is 38.5. The number of hydrogen-bond acceptors (Lipinski definition) is 10. The molecule has 0 aliphatic carbocycles. The third-order valence-corrected chi connectivity index (χ3v) is 20.5. The second-order valence-corrected chi connectivity index (χ2v) is 26.0. The van der Waals surface area contributed by atoms with Gasteiger partial charge in [-0.15, -0.1) is 0 Å². The van der Waals surface area contributed by atoms with Gasteiger partial charge in [0.1, 0.15) is 11.7 Å². The number of nitrogens with zero attached hydrogens (tertiary/aromatic N) is 3. The van der Waals surface area contributed by atoms with Crippen molar-refractivity contribution in [3.8, 4) is 0 Å². The summed E-state index contributed by atoms with van der Waals surface area (Å²) < 4.78 is 18.8. The molecule has 11 nitrogen and oxygen atoms in total. The molecule has 70 heavy (non-hydrogen) atoms. The third-order valence-electron chi connectivity index (χ3n) is 15.6. The van der Waals surface area contributed by atoms with Gasteiger partial charge in [-0.3, -0.25) is 9.59 Å². The predicted octanol–water partition coefficient (Wildman–Crippen LogP) is 9.10. The van der Waals surface area contributed by atoms with E-state index in [0.717, 1.165) is 38.3 Å². The largest absolute Gasteiger partial charge is 0.386 e. The summed E-state index contributed by atoms with van der Waals surface area (Å²) in [5.74, 6) is -1.70. The average molecular weight is 990 g/mol. The van der Waals surface area contributed by atoms with Crippen molar-refractivity contribution in [3.05, 3.63) is 85.1 Å². The predicted molar refractivity (Wildman–Crippen MR) is 287 cm³/mol. The summed E-state index contributed by atoms with van der Waals surface area (Å²) >= 11 is 0. The van der Waals surface area contributed by atoms with Gasteiger partial charge in [0.25, 0.3) is 0 Å². The van der Waals surface area contributed by atoms with E-state index in [2.05, 4.69) is 77.7 Å². The topological polar surface area (TPSA) is 142 Å². The minimum absolute atomic E-state index is 0.0231. The van der Waals surface area contributed by atoms with Crippen molar-refractivity contribution < 1.29 is 39.1 Å². The maximum absolute atomic E-state index is 14.2. The molecule has 0 unspecified atom stereocenters. The molecule has 12 heteroatoms. The van der Waals surface area contributed by atoms with Crippen molar-refractivity contribution in [1.82, 2.24) is 14.8 Å². The molecule has 0 bridgehead atoms. The summed E-state index contributed by atoms with van der Waals surface area (Å²) in [6.07, 6.45) is 13.4. The van der Waals surface area contributed by atoms with Crippen LogP contribution in [0.15, 0.2) is 85.1 Å². The van der Waals surface area contributed by atoms with Crippen molar-refractivity contribution in [2.75, 3.05) is 26.8 Å². The Hall–Kier alpha value is -3.28. The zero-order valence-corrected chi connectivity index (χ0v) is 45.4. The summed E-state index contributed by atoms with van der Waals surface area (Å²) in [6, 6.07) is 28.4. The van der Waals surface area contributed by atoms with E-state index >= 15 is 0 Å². The van der Waals surface area contributed by atoms with E-state index in [1.807, 2.05) is 59.0 Å². The Labute approximate surface area is 422 Å². The number of esters is 1. The fraction of sp³-hybridized carbons (Fsp3) is 0.672. The fourth-order valence-corrected chi connectivity index (χ4v) is 16.2. The molecule has 1 aromatic heterocycles. The molecule has 3 aromatic rings. The molecular weight excluding hydrogens is 898 g/mol. The Bertz CT molecular complexity index is 1880. The van der Waals surface area contributed by atoms with Crippen LogP contribution >= 0.6 is 7.26 Å². The second kappa shape index (κ2) is 27.7. The van der Waals surface area contributed by atoms with Crippen LogP contribution in [0.5, 0.6) is 0 Å².